The van der Waals surface area contributed by atoms with E-state index >= 15 is 0 Å². The van der Waals surface area contributed by atoms with Crippen LogP contribution >= 0.6 is 0 Å². The number of hydrogen-bond acceptors (Lipinski definition) is 2. The summed E-state index contributed by atoms with van der Waals surface area (Å²) in [5.74, 6) is 0.879. The monoisotopic (exact) mass is 151 g/mol. The van der Waals surface area contributed by atoms with E-state index in [0.29, 0.717) is 6.61 Å². The molecule has 60 valence electrons. The Morgan fingerprint density at radius 1 is 1.36 bits per heavy atom. The summed E-state index contributed by atoms with van der Waals surface area (Å²) >= 11 is 0. The van der Waals surface area contributed by atoms with Gasteiger partial charge in [0.15, 0.2) is 0 Å². The molecule has 0 bridgehead atoms. The molecule has 11 heavy (non-hydrogen) atoms. The van der Waals surface area contributed by atoms with Crippen molar-refractivity contribution in [3.05, 3.63) is 30.3 Å². The van der Waals surface area contributed by atoms with Crippen LogP contribution in [0.25, 0.3) is 0 Å². The Bertz CT molecular complexity index is 196. The molecule has 1 aromatic carbocycles. The summed E-state index contributed by atoms with van der Waals surface area (Å²) in [4.78, 5) is 0. The summed E-state index contributed by atoms with van der Waals surface area (Å²) in [5.41, 5.74) is 5.52. The first kappa shape index (κ1) is 8.08. The maximum absolute atomic E-state index is 5.52. The minimum Gasteiger partial charge on any atom is -0.492 e. The maximum Gasteiger partial charge on any atom is 0.119 e. The molecule has 1 aromatic rings. The van der Waals surface area contributed by atoms with Crippen molar-refractivity contribution in [2.45, 2.75) is 13.0 Å². The van der Waals surface area contributed by atoms with Gasteiger partial charge in [0.2, 0.25) is 0 Å². The van der Waals surface area contributed by atoms with E-state index in [1.54, 1.807) is 0 Å². The first-order valence-corrected chi connectivity index (χ1v) is 3.72. The second-order valence-electron chi connectivity index (χ2n) is 2.60. The molecule has 0 aliphatic carbocycles. The van der Waals surface area contributed by atoms with Crippen LogP contribution in [0.3, 0.4) is 0 Å². The fourth-order valence-electron chi connectivity index (χ4n) is 0.744. The molecule has 1 rings (SSSR count). The standard InChI is InChI=1S/C9H13NO/c1-8(10)7-11-9-5-3-2-4-6-9/h2-6,8H,7,10H2,1H3/t8-/m1/s1. The fraction of sp³-hybridized carbons (Fsp3) is 0.333. The van der Waals surface area contributed by atoms with Crippen LogP contribution in [0, 0.1) is 0 Å². The number of rotatable bonds is 3. The van der Waals surface area contributed by atoms with Gasteiger partial charge in [-0.2, -0.15) is 0 Å². The molecule has 0 spiro atoms. The van der Waals surface area contributed by atoms with Crippen molar-refractivity contribution in [1.29, 1.82) is 0 Å². The molecular weight excluding hydrogens is 138 g/mol. The first-order chi connectivity index (χ1) is 5.29. The van der Waals surface area contributed by atoms with E-state index < -0.39 is 0 Å². The van der Waals surface area contributed by atoms with Crippen molar-refractivity contribution in [2.24, 2.45) is 5.73 Å². The topological polar surface area (TPSA) is 35.2 Å². The van der Waals surface area contributed by atoms with Crippen molar-refractivity contribution in [2.75, 3.05) is 6.61 Å². The molecule has 0 saturated heterocycles. The fourth-order valence-corrected chi connectivity index (χ4v) is 0.744. The number of para-hydroxylation sites is 1. The van der Waals surface area contributed by atoms with Crippen molar-refractivity contribution in [3.8, 4) is 5.75 Å². The van der Waals surface area contributed by atoms with Gasteiger partial charge in [-0.1, -0.05) is 18.2 Å². The highest BCUT2D eigenvalue weighted by Crippen LogP contribution is 2.07. The zero-order valence-corrected chi connectivity index (χ0v) is 6.66. The molecule has 0 aliphatic rings. The van der Waals surface area contributed by atoms with Crippen molar-refractivity contribution in [1.82, 2.24) is 0 Å². The van der Waals surface area contributed by atoms with Gasteiger partial charge in [0.05, 0.1) is 0 Å². The van der Waals surface area contributed by atoms with Gasteiger partial charge in [0, 0.05) is 6.04 Å². The zero-order valence-electron chi connectivity index (χ0n) is 6.66. The predicted octanol–water partition coefficient (Wildman–Crippen LogP) is 1.41. The van der Waals surface area contributed by atoms with Gasteiger partial charge in [-0.25, -0.2) is 0 Å². The van der Waals surface area contributed by atoms with Crippen LogP contribution in [0.1, 0.15) is 6.92 Å². The Morgan fingerprint density at radius 3 is 2.55 bits per heavy atom. The van der Waals surface area contributed by atoms with Crippen LogP contribution in [-0.2, 0) is 0 Å². The average molecular weight is 151 g/mol. The lowest BCUT2D eigenvalue weighted by Crippen LogP contribution is -2.23. The van der Waals surface area contributed by atoms with Gasteiger partial charge in [-0.05, 0) is 19.1 Å². The molecule has 0 unspecified atom stereocenters. The summed E-state index contributed by atoms with van der Waals surface area (Å²) in [7, 11) is 0. The lowest BCUT2D eigenvalue weighted by molar-refractivity contribution is 0.296. The van der Waals surface area contributed by atoms with Crippen LogP contribution in [-0.4, -0.2) is 12.6 Å². The molecule has 1 atom stereocenters. The lowest BCUT2D eigenvalue weighted by Gasteiger charge is -2.07. The molecule has 0 aliphatic heterocycles. The van der Waals surface area contributed by atoms with Crippen molar-refractivity contribution in [3.63, 3.8) is 0 Å². The molecule has 2 N–H and O–H groups in total. The highest BCUT2D eigenvalue weighted by molar-refractivity contribution is 5.20. The Morgan fingerprint density at radius 2 is 2.00 bits per heavy atom. The van der Waals surface area contributed by atoms with Crippen LogP contribution in [0.2, 0.25) is 0 Å². The summed E-state index contributed by atoms with van der Waals surface area (Å²) in [6, 6.07) is 9.77. The Hall–Kier alpha value is -1.02. The molecule has 0 heterocycles. The molecule has 2 nitrogen and oxygen atoms in total. The minimum absolute atomic E-state index is 0.0928. The molecule has 0 amide bonds. The van der Waals surface area contributed by atoms with Gasteiger partial charge in [-0.15, -0.1) is 0 Å². The van der Waals surface area contributed by atoms with Gasteiger partial charge in [0.25, 0.3) is 0 Å². The summed E-state index contributed by atoms with van der Waals surface area (Å²) in [6.45, 7) is 2.49. The third kappa shape index (κ3) is 3.05. The number of hydrogen-bond donors (Lipinski definition) is 1. The quantitative estimate of drug-likeness (QED) is 0.709. The maximum atomic E-state index is 5.52. The van der Waals surface area contributed by atoms with Crippen LogP contribution < -0.4 is 10.5 Å². The van der Waals surface area contributed by atoms with E-state index in [4.69, 9.17) is 10.5 Å². The normalized spacial score (nSPS) is 12.5. The summed E-state index contributed by atoms with van der Waals surface area (Å²) < 4.78 is 5.34. The third-order valence-corrected chi connectivity index (χ3v) is 1.26. The van der Waals surface area contributed by atoms with E-state index in [1.807, 2.05) is 37.3 Å². The molecule has 0 saturated carbocycles. The minimum atomic E-state index is 0.0928. The molecule has 2 heteroatoms. The van der Waals surface area contributed by atoms with Gasteiger partial charge in [-0.3, -0.25) is 0 Å². The predicted molar refractivity (Wildman–Crippen MR) is 45.6 cm³/mol. The Labute approximate surface area is 67.0 Å². The molecule has 0 radical (unpaired) electrons. The SMILES string of the molecule is C[C@@H](N)COc1ccccc1. The Balaban J connectivity index is 2.39. The van der Waals surface area contributed by atoms with E-state index in [2.05, 4.69) is 0 Å². The van der Waals surface area contributed by atoms with Crippen molar-refractivity contribution >= 4 is 0 Å². The smallest absolute Gasteiger partial charge is 0.119 e. The number of nitrogens with two attached hydrogens (primary N) is 1. The number of ether oxygens (including phenoxy) is 1. The first-order valence-electron chi connectivity index (χ1n) is 3.72. The van der Waals surface area contributed by atoms with Gasteiger partial charge < -0.3 is 10.5 Å². The van der Waals surface area contributed by atoms with Crippen LogP contribution in [0.4, 0.5) is 0 Å². The van der Waals surface area contributed by atoms with E-state index in [1.165, 1.54) is 0 Å². The number of benzene rings is 1. The molecule has 0 fully saturated rings. The molecular formula is C9H13NO. The van der Waals surface area contributed by atoms with E-state index in [9.17, 15) is 0 Å². The summed E-state index contributed by atoms with van der Waals surface area (Å²) in [5, 5.41) is 0. The third-order valence-electron chi connectivity index (χ3n) is 1.26. The summed E-state index contributed by atoms with van der Waals surface area (Å²) in [6.07, 6.45) is 0. The van der Waals surface area contributed by atoms with Gasteiger partial charge in [0.1, 0.15) is 12.4 Å². The molecule has 0 aromatic heterocycles. The van der Waals surface area contributed by atoms with E-state index in [0.717, 1.165) is 5.75 Å². The second-order valence-corrected chi connectivity index (χ2v) is 2.60. The van der Waals surface area contributed by atoms with Gasteiger partial charge >= 0.3 is 0 Å². The highest BCUT2D eigenvalue weighted by atomic mass is 16.5. The van der Waals surface area contributed by atoms with E-state index in [-0.39, 0.29) is 6.04 Å². The lowest BCUT2D eigenvalue weighted by atomic mass is 10.3. The van der Waals surface area contributed by atoms with Crippen LogP contribution in [0.5, 0.6) is 5.75 Å². The zero-order chi connectivity index (χ0) is 8.10. The average Bonchev–Trinajstić information content (AvgIpc) is 2.03. The largest absolute Gasteiger partial charge is 0.492 e. The van der Waals surface area contributed by atoms with Crippen molar-refractivity contribution < 1.29 is 4.74 Å². The van der Waals surface area contributed by atoms with Crippen LogP contribution in [0.15, 0.2) is 30.3 Å². The second kappa shape index (κ2) is 3.98. The highest BCUT2D eigenvalue weighted by Gasteiger charge is 1.94. The Kier molecular flexibility index (Phi) is 2.93.